The smallest absolute Gasteiger partial charge is 0.145 e. The molecule has 0 spiro atoms. The van der Waals surface area contributed by atoms with Gasteiger partial charge in [-0.2, -0.15) is 0 Å². The molecular weight excluding hydrogens is 231 g/mol. The summed E-state index contributed by atoms with van der Waals surface area (Å²) in [4.78, 5) is 3.77. The van der Waals surface area contributed by atoms with Gasteiger partial charge in [0, 0.05) is 11.8 Å². The summed E-state index contributed by atoms with van der Waals surface area (Å²) in [6.07, 6.45) is 2.73. The number of benzene rings is 1. The van der Waals surface area contributed by atoms with Gasteiger partial charge in [-0.15, -0.1) is 0 Å². The van der Waals surface area contributed by atoms with Crippen molar-refractivity contribution in [1.82, 2.24) is 4.98 Å². The van der Waals surface area contributed by atoms with Crippen LogP contribution in [-0.2, 0) is 6.61 Å². The lowest BCUT2D eigenvalue weighted by Gasteiger charge is -2.12. The van der Waals surface area contributed by atoms with Crippen LogP contribution in [0.3, 0.4) is 0 Å². The second-order valence-electron chi connectivity index (χ2n) is 4.30. The summed E-state index contributed by atoms with van der Waals surface area (Å²) in [5, 5.41) is 0. The highest BCUT2D eigenvalue weighted by Crippen LogP contribution is 2.28. The molecule has 2 aromatic rings. The molecule has 1 aromatic carbocycles. The summed E-state index contributed by atoms with van der Waals surface area (Å²) in [5.74, 6) is 0.273. The Labute approximate surface area is 105 Å². The van der Waals surface area contributed by atoms with Crippen molar-refractivity contribution in [2.75, 3.05) is 5.73 Å². The lowest BCUT2D eigenvalue weighted by molar-refractivity contribution is 0.304. The van der Waals surface area contributed by atoms with Gasteiger partial charge >= 0.3 is 0 Å². The quantitative estimate of drug-likeness (QED) is 0.847. The van der Waals surface area contributed by atoms with Crippen molar-refractivity contribution < 1.29 is 9.13 Å². The van der Waals surface area contributed by atoms with Crippen LogP contribution in [0.5, 0.6) is 5.75 Å². The minimum atomic E-state index is -0.371. The first-order valence-electron chi connectivity index (χ1n) is 5.65. The molecule has 18 heavy (non-hydrogen) atoms. The Bertz CT molecular complexity index is 546. The number of aromatic nitrogens is 1. The van der Waals surface area contributed by atoms with Crippen LogP contribution in [0, 0.1) is 19.7 Å². The number of rotatable bonds is 3. The topological polar surface area (TPSA) is 48.1 Å². The minimum Gasteiger partial charge on any atom is -0.486 e. The molecule has 0 atom stereocenters. The van der Waals surface area contributed by atoms with Gasteiger partial charge in [0.15, 0.2) is 0 Å². The van der Waals surface area contributed by atoms with Crippen molar-refractivity contribution in [3.8, 4) is 5.75 Å². The number of pyridine rings is 1. The summed E-state index contributed by atoms with van der Waals surface area (Å²) >= 11 is 0. The fourth-order valence-electron chi connectivity index (χ4n) is 1.87. The zero-order valence-electron chi connectivity index (χ0n) is 10.4. The number of nitrogen functional groups attached to an aromatic ring is 1. The van der Waals surface area contributed by atoms with Crippen LogP contribution in [-0.4, -0.2) is 4.98 Å². The molecule has 1 aromatic heterocycles. The van der Waals surface area contributed by atoms with E-state index in [0.717, 1.165) is 17.3 Å². The third kappa shape index (κ3) is 2.77. The van der Waals surface area contributed by atoms with E-state index in [-0.39, 0.29) is 12.4 Å². The zero-order chi connectivity index (χ0) is 13.1. The molecule has 0 fully saturated rings. The first-order chi connectivity index (χ1) is 8.56. The largest absolute Gasteiger partial charge is 0.486 e. The summed E-state index contributed by atoms with van der Waals surface area (Å²) in [5.41, 5.74) is 9.23. The Hall–Kier alpha value is -2.10. The highest BCUT2D eigenvalue weighted by molar-refractivity contribution is 5.58. The van der Waals surface area contributed by atoms with Gasteiger partial charge in [0.25, 0.3) is 0 Å². The van der Waals surface area contributed by atoms with Crippen LogP contribution in [0.4, 0.5) is 10.1 Å². The number of halogens is 1. The third-order valence-electron chi connectivity index (χ3n) is 2.59. The van der Waals surface area contributed by atoms with Gasteiger partial charge in [-0.25, -0.2) is 4.39 Å². The number of hydrogen-bond donors (Lipinski definition) is 1. The molecule has 1 heterocycles. The SMILES string of the molecule is Cc1cc(C)c(OCc2cncc(F)c2)c(N)c1. The van der Waals surface area contributed by atoms with Crippen LogP contribution in [0.15, 0.2) is 30.6 Å². The maximum absolute atomic E-state index is 13.0. The molecule has 0 saturated heterocycles. The van der Waals surface area contributed by atoms with Crippen LogP contribution >= 0.6 is 0 Å². The normalized spacial score (nSPS) is 10.4. The number of nitrogens with two attached hydrogens (primary N) is 1. The van der Waals surface area contributed by atoms with E-state index >= 15 is 0 Å². The van der Waals surface area contributed by atoms with E-state index < -0.39 is 0 Å². The molecule has 2 N–H and O–H groups in total. The fourth-order valence-corrected chi connectivity index (χ4v) is 1.87. The van der Waals surface area contributed by atoms with Crippen LogP contribution in [0.1, 0.15) is 16.7 Å². The fraction of sp³-hybridized carbons (Fsp3) is 0.214. The zero-order valence-corrected chi connectivity index (χ0v) is 10.4. The second kappa shape index (κ2) is 5.04. The first kappa shape index (κ1) is 12.4. The Kier molecular flexibility index (Phi) is 3.46. The molecule has 0 bridgehead atoms. The molecule has 4 heteroatoms. The van der Waals surface area contributed by atoms with E-state index in [1.807, 2.05) is 26.0 Å². The predicted octanol–water partition coefficient (Wildman–Crippen LogP) is 3.00. The van der Waals surface area contributed by atoms with Crippen LogP contribution in [0.25, 0.3) is 0 Å². The Balaban J connectivity index is 2.16. The van der Waals surface area contributed by atoms with Crippen molar-refractivity contribution in [3.63, 3.8) is 0 Å². The number of hydrogen-bond acceptors (Lipinski definition) is 3. The Morgan fingerprint density at radius 2 is 2.00 bits per heavy atom. The van der Waals surface area contributed by atoms with Gasteiger partial charge in [-0.3, -0.25) is 4.98 Å². The summed E-state index contributed by atoms with van der Waals surface area (Å²) in [6, 6.07) is 5.24. The van der Waals surface area contributed by atoms with E-state index in [2.05, 4.69) is 4.98 Å². The maximum Gasteiger partial charge on any atom is 0.145 e. The molecule has 2 rings (SSSR count). The van der Waals surface area contributed by atoms with E-state index in [1.165, 1.54) is 6.07 Å². The standard InChI is InChI=1S/C14H15FN2O/c1-9-3-10(2)14(13(16)4-9)18-8-11-5-12(15)7-17-6-11/h3-7H,8,16H2,1-2H3. The minimum absolute atomic E-state index is 0.249. The number of ether oxygens (including phenoxy) is 1. The highest BCUT2D eigenvalue weighted by Gasteiger charge is 2.06. The molecule has 0 aliphatic carbocycles. The molecule has 3 nitrogen and oxygen atoms in total. The molecule has 0 saturated carbocycles. The summed E-state index contributed by atoms with van der Waals surface area (Å²) in [7, 11) is 0. The molecule has 0 aliphatic heterocycles. The van der Waals surface area contributed by atoms with Crippen LogP contribution < -0.4 is 10.5 Å². The molecule has 0 aliphatic rings. The number of anilines is 1. The Morgan fingerprint density at radius 1 is 1.22 bits per heavy atom. The molecule has 94 valence electrons. The van der Waals surface area contributed by atoms with Crippen molar-refractivity contribution in [3.05, 3.63) is 53.1 Å². The van der Waals surface area contributed by atoms with E-state index in [0.29, 0.717) is 17.0 Å². The van der Waals surface area contributed by atoms with Gasteiger partial charge in [0.1, 0.15) is 18.2 Å². The lowest BCUT2D eigenvalue weighted by Crippen LogP contribution is -2.02. The average molecular weight is 246 g/mol. The van der Waals surface area contributed by atoms with Gasteiger partial charge in [0.05, 0.1) is 11.9 Å². The van der Waals surface area contributed by atoms with Gasteiger partial charge in [-0.1, -0.05) is 6.07 Å². The van der Waals surface area contributed by atoms with E-state index in [9.17, 15) is 4.39 Å². The number of aryl methyl sites for hydroxylation is 2. The maximum atomic E-state index is 13.0. The third-order valence-corrected chi connectivity index (χ3v) is 2.59. The molecule has 0 radical (unpaired) electrons. The van der Waals surface area contributed by atoms with Gasteiger partial charge < -0.3 is 10.5 Å². The first-order valence-corrected chi connectivity index (χ1v) is 5.65. The second-order valence-corrected chi connectivity index (χ2v) is 4.30. The molecule has 0 unspecified atom stereocenters. The van der Waals surface area contributed by atoms with Crippen molar-refractivity contribution in [2.45, 2.75) is 20.5 Å². The van der Waals surface area contributed by atoms with Crippen molar-refractivity contribution >= 4 is 5.69 Å². The summed E-state index contributed by atoms with van der Waals surface area (Å²) < 4.78 is 18.6. The predicted molar refractivity (Wildman–Crippen MR) is 68.9 cm³/mol. The number of nitrogens with zero attached hydrogens (tertiary/aromatic N) is 1. The highest BCUT2D eigenvalue weighted by atomic mass is 19.1. The monoisotopic (exact) mass is 246 g/mol. The van der Waals surface area contributed by atoms with Gasteiger partial charge in [-0.05, 0) is 37.1 Å². The van der Waals surface area contributed by atoms with Crippen molar-refractivity contribution in [2.24, 2.45) is 0 Å². The Morgan fingerprint density at radius 3 is 2.67 bits per heavy atom. The summed E-state index contributed by atoms with van der Waals surface area (Å²) in [6.45, 7) is 4.16. The van der Waals surface area contributed by atoms with Crippen molar-refractivity contribution in [1.29, 1.82) is 0 Å². The van der Waals surface area contributed by atoms with E-state index in [4.69, 9.17) is 10.5 Å². The molecule has 0 amide bonds. The van der Waals surface area contributed by atoms with Gasteiger partial charge in [0.2, 0.25) is 0 Å². The lowest BCUT2D eigenvalue weighted by atomic mass is 10.1. The average Bonchev–Trinajstić information content (AvgIpc) is 2.27. The van der Waals surface area contributed by atoms with Crippen LogP contribution in [0.2, 0.25) is 0 Å². The van der Waals surface area contributed by atoms with E-state index in [1.54, 1.807) is 6.20 Å². The molecular formula is C14H15FN2O.